The van der Waals surface area contributed by atoms with Crippen LogP contribution in [0.15, 0.2) is 18.2 Å². The lowest BCUT2D eigenvalue weighted by Gasteiger charge is -2.09. The lowest BCUT2D eigenvalue weighted by Crippen LogP contribution is -2.11. The summed E-state index contributed by atoms with van der Waals surface area (Å²) in [5.41, 5.74) is 1.97. The summed E-state index contributed by atoms with van der Waals surface area (Å²) in [5, 5.41) is 12.9. The third-order valence-electron chi connectivity index (χ3n) is 2.82. The number of aromatic nitrogens is 1. The maximum absolute atomic E-state index is 12.2. The number of hydrogen-bond acceptors (Lipinski definition) is 5. The largest absolute Gasteiger partial charge is 0.496 e. The first-order chi connectivity index (χ1) is 9.55. The molecule has 0 saturated carbocycles. The second kappa shape index (κ2) is 6.02. The first kappa shape index (κ1) is 14.5. The van der Waals surface area contributed by atoms with E-state index in [0.717, 1.165) is 10.7 Å². The van der Waals surface area contributed by atoms with Crippen molar-refractivity contribution in [3.63, 3.8) is 0 Å². The highest BCUT2D eigenvalue weighted by Gasteiger charge is 2.14. The van der Waals surface area contributed by atoms with E-state index in [1.54, 1.807) is 18.2 Å². The minimum atomic E-state index is -0.192. The Labute approximate surface area is 121 Å². The zero-order valence-corrected chi connectivity index (χ0v) is 12.4. The van der Waals surface area contributed by atoms with E-state index in [1.165, 1.54) is 18.4 Å². The van der Waals surface area contributed by atoms with Gasteiger partial charge in [-0.3, -0.25) is 4.79 Å². The number of amides is 1. The maximum Gasteiger partial charge on any atom is 0.267 e. The predicted molar refractivity (Wildman–Crippen MR) is 78.5 cm³/mol. The molecule has 0 bridgehead atoms. The van der Waals surface area contributed by atoms with Gasteiger partial charge in [-0.1, -0.05) is 0 Å². The van der Waals surface area contributed by atoms with Crippen LogP contribution < -0.4 is 10.1 Å². The Morgan fingerprint density at radius 2 is 2.20 bits per heavy atom. The lowest BCUT2D eigenvalue weighted by atomic mass is 10.2. The Morgan fingerprint density at radius 3 is 2.75 bits per heavy atom. The molecule has 2 N–H and O–H groups in total. The molecule has 0 unspecified atom stereocenters. The van der Waals surface area contributed by atoms with Gasteiger partial charge in [0.15, 0.2) is 0 Å². The molecule has 106 valence electrons. The topological polar surface area (TPSA) is 71.5 Å². The Morgan fingerprint density at radius 1 is 1.45 bits per heavy atom. The number of carbonyl (C=O) groups is 1. The van der Waals surface area contributed by atoms with Crippen molar-refractivity contribution >= 4 is 22.9 Å². The van der Waals surface area contributed by atoms with Crippen LogP contribution in [0.2, 0.25) is 0 Å². The van der Waals surface area contributed by atoms with Crippen LogP contribution in [0.5, 0.6) is 5.75 Å². The van der Waals surface area contributed by atoms with E-state index >= 15 is 0 Å². The number of aliphatic hydroxyl groups is 1. The molecule has 1 heterocycles. The number of anilines is 1. The number of hydrogen-bond donors (Lipinski definition) is 2. The van der Waals surface area contributed by atoms with Gasteiger partial charge in [0.25, 0.3) is 5.91 Å². The van der Waals surface area contributed by atoms with Crippen LogP contribution in [-0.2, 0) is 6.61 Å². The molecule has 1 aromatic heterocycles. The maximum atomic E-state index is 12.2. The van der Waals surface area contributed by atoms with E-state index in [9.17, 15) is 9.90 Å². The summed E-state index contributed by atoms with van der Waals surface area (Å²) in [7, 11) is 1.54. The second-order valence-corrected chi connectivity index (χ2v) is 5.49. The molecule has 0 fully saturated rings. The highest BCUT2D eigenvalue weighted by molar-refractivity contribution is 7.13. The van der Waals surface area contributed by atoms with Crippen LogP contribution in [-0.4, -0.2) is 23.1 Å². The Hall–Kier alpha value is -1.92. The molecule has 2 aromatic rings. The number of nitrogens with zero attached hydrogens (tertiary/aromatic N) is 1. The van der Waals surface area contributed by atoms with Gasteiger partial charge in [0, 0.05) is 11.3 Å². The van der Waals surface area contributed by atoms with Gasteiger partial charge in [0.05, 0.1) is 24.4 Å². The molecule has 0 aliphatic heterocycles. The summed E-state index contributed by atoms with van der Waals surface area (Å²) in [4.78, 5) is 17.0. The van der Waals surface area contributed by atoms with Crippen molar-refractivity contribution in [2.75, 3.05) is 12.4 Å². The summed E-state index contributed by atoms with van der Waals surface area (Å²) < 4.78 is 5.12. The molecule has 0 radical (unpaired) electrons. The number of carbonyl (C=O) groups excluding carboxylic acids is 1. The normalized spacial score (nSPS) is 10.4. The number of ether oxygens (including phenoxy) is 1. The first-order valence-electron chi connectivity index (χ1n) is 6.08. The van der Waals surface area contributed by atoms with E-state index in [2.05, 4.69) is 10.3 Å². The number of benzene rings is 1. The molecule has 6 heteroatoms. The van der Waals surface area contributed by atoms with Gasteiger partial charge in [-0.2, -0.15) is 0 Å². The lowest BCUT2D eigenvalue weighted by molar-refractivity contribution is 0.102. The van der Waals surface area contributed by atoms with E-state index < -0.39 is 0 Å². The van der Waals surface area contributed by atoms with Crippen molar-refractivity contribution in [3.8, 4) is 5.75 Å². The molecule has 2 rings (SSSR count). The third-order valence-corrected chi connectivity index (χ3v) is 3.89. The minimum Gasteiger partial charge on any atom is -0.496 e. The molecule has 5 nitrogen and oxygen atoms in total. The average molecular weight is 292 g/mol. The quantitative estimate of drug-likeness (QED) is 0.908. The number of thiazole rings is 1. The molecule has 0 spiro atoms. The first-order valence-corrected chi connectivity index (χ1v) is 6.90. The van der Waals surface area contributed by atoms with Crippen LogP contribution in [0.1, 0.15) is 25.9 Å². The Balaban J connectivity index is 2.22. The number of rotatable bonds is 4. The van der Waals surface area contributed by atoms with Crippen molar-refractivity contribution in [2.45, 2.75) is 20.5 Å². The van der Waals surface area contributed by atoms with Crippen molar-refractivity contribution in [1.82, 2.24) is 4.98 Å². The summed E-state index contributed by atoms with van der Waals surface area (Å²) in [5.74, 6) is 0.400. The number of methoxy groups -OCH3 is 1. The Bertz CT molecular complexity index is 637. The van der Waals surface area contributed by atoms with Crippen LogP contribution in [0.3, 0.4) is 0 Å². The van der Waals surface area contributed by atoms with Gasteiger partial charge in [0.1, 0.15) is 10.6 Å². The predicted octanol–water partition coefficient (Wildman–Crippen LogP) is 2.51. The average Bonchev–Trinajstić information content (AvgIpc) is 2.77. The third kappa shape index (κ3) is 2.97. The number of aliphatic hydroxyl groups excluding tert-OH is 1. The Kier molecular flexibility index (Phi) is 4.36. The fourth-order valence-electron chi connectivity index (χ4n) is 1.91. The van der Waals surface area contributed by atoms with Gasteiger partial charge in [-0.25, -0.2) is 4.98 Å². The van der Waals surface area contributed by atoms with Crippen molar-refractivity contribution in [3.05, 3.63) is 39.3 Å². The zero-order valence-electron chi connectivity index (χ0n) is 11.6. The second-order valence-electron chi connectivity index (χ2n) is 4.29. The van der Waals surface area contributed by atoms with Gasteiger partial charge in [0.2, 0.25) is 0 Å². The van der Waals surface area contributed by atoms with Crippen molar-refractivity contribution in [1.29, 1.82) is 0 Å². The standard InChI is InChI=1S/C14H16N2O3S/c1-8-13(20-9(2)15-8)14(18)16-11-4-5-12(19-3)10(6-11)7-17/h4-6,17H,7H2,1-3H3,(H,16,18). The van der Waals surface area contributed by atoms with Crippen LogP contribution in [0.4, 0.5) is 5.69 Å². The monoisotopic (exact) mass is 292 g/mol. The smallest absolute Gasteiger partial charge is 0.267 e. The highest BCUT2D eigenvalue weighted by Crippen LogP contribution is 2.24. The number of aryl methyl sites for hydroxylation is 2. The van der Waals surface area contributed by atoms with Crippen LogP contribution in [0.25, 0.3) is 0 Å². The molecule has 0 aliphatic carbocycles. The molecule has 0 saturated heterocycles. The fourth-order valence-corrected chi connectivity index (χ4v) is 2.72. The number of nitrogens with one attached hydrogen (secondary N) is 1. The van der Waals surface area contributed by atoms with Crippen LogP contribution in [0, 0.1) is 13.8 Å². The van der Waals surface area contributed by atoms with E-state index in [1.807, 2.05) is 13.8 Å². The van der Waals surface area contributed by atoms with E-state index in [0.29, 0.717) is 21.9 Å². The van der Waals surface area contributed by atoms with Crippen molar-refractivity contribution in [2.24, 2.45) is 0 Å². The molecule has 1 aromatic carbocycles. The summed E-state index contributed by atoms with van der Waals surface area (Å²) >= 11 is 1.36. The summed E-state index contributed by atoms with van der Waals surface area (Å²) in [6, 6.07) is 5.14. The molecule has 0 atom stereocenters. The van der Waals surface area contributed by atoms with Gasteiger partial charge in [-0.05, 0) is 32.0 Å². The SMILES string of the molecule is COc1ccc(NC(=O)c2sc(C)nc2C)cc1CO. The van der Waals surface area contributed by atoms with Crippen LogP contribution >= 0.6 is 11.3 Å². The molecule has 20 heavy (non-hydrogen) atoms. The summed E-state index contributed by atoms with van der Waals surface area (Å²) in [6.07, 6.45) is 0. The van der Waals surface area contributed by atoms with E-state index in [4.69, 9.17) is 4.74 Å². The molecular formula is C14H16N2O3S. The summed E-state index contributed by atoms with van der Waals surface area (Å²) in [6.45, 7) is 3.53. The van der Waals surface area contributed by atoms with Crippen molar-refractivity contribution < 1.29 is 14.6 Å². The van der Waals surface area contributed by atoms with Gasteiger partial charge in [-0.15, -0.1) is 11.3 Å². The molecule has 0 aliphatic rings. The molecular weight excluding hydrogens is 276 g/mol. The minimum absolute atomic E-state index is 0.147. The zero-order chi connectivity index (χ0) is 14.7. The van der Waals surface area contributed by atoms with E-state index in [-0.39, 0.29) is 12.5 Å². The van der Waals surface area contributed by atoms with Gasteiger partial charge >= 0.3 is 0 Å². The van der Waals surface area contributed by atoms with Gasteiger partial charge < -0.3 is 15.2 Å². The fraction of sp³-hybridized carbons (Fsp3) is 0.286. The highest BCUT2D eigenvalue weighted by atomic mass is 32.1. The molecule has 1 amide bonds.